The van der Waals surface area contributed by atoms with Gasteiger partial charge in [-0.3, -0.25) is 0 Å². The van der Waals surface area contributed by atoms with E-state index in [1.807, 2.05) is 29.6 Å². The monoisotopic (exact) mass is 293 g/mol. The molecule has 0 spiro atoms. The topological polar surface area (TPSA) is 50.7 Å². The van der Waals surface area contributed by atoms with Gasteiger partial charge in [-0.2, -0.15) is 0 Å². The third-order valence-electron chi connectivity index (χ3n) is 3.09. The first-order valence-corrected chi connectivity index (χ1v) is 7.25. The lowest BCUT2D eigenvalue weighted by Gasteiger charge is -2.20. The van der Waals surface area contributed by atoms with Gasteiger partial charge in [-0.05, 0) is 17.5 Å². The van der Waals surface area contributed by atoms with E-state index < -0.39 is 0 Å². The standard InChI is InChI=1S/C15H19NO3S/c1-18-14-7-3-6-12(15(14)19-2)13(10-17)16-9-11-5-4-8-20-11/h3-8,13,16-17H,9-10H2,1-2H3. The lowest BCUT2D eigenvalue weighted by molar-refractivity contribution is 0.239. The van der Waals surface area contributed by atoms with Gasteiger partial charge in [-0.25, -0.2) is 0 Å². The molecule has 0 fully saturated rings. The van der Waals surface area contributed by atoms with E-state index in [1.165, 1.54) is 4.88 Å². The zero-order valence-electron chi connectivity index (χ0n) is 11.6. The van der Waals surface area contributed by atoms with E-state index in [0.717, 1.165) is 5.56 Å². The van der Waals surface area contributed by atoms with Crippen LogP contribution in [-0.4, -0.2) is 25.9 Å². The first-order chi connectivity index (χ1) is 9.80. The van der Waals surface area contributed by atoms with E-state index in [1.54, 1.807) is 25.6 Å². The fourth-order valence-electron chi connectivity index (χ4n) is 2.10. The molecule has 2 aromatic rings. The Balaban J connectivity index is 2.18. The van der Waals surface area contributed by atoms with Crippen LogP contribution < -0.4 is 14.8 Å². The summed E-state index contributed by atoms with van der Waals surface area (Å²) in [5.41, 5.74) is 0.894. The minimum absolute atomic E-state index is 0.00506. The van der Waals surface area contributed by atoms with Gasteiger partial charge < -0.3 is 19.9 Å². The molecule has 0 saturated carbocycles. The predicted molar refractivity (Wildman–Crippen MR) is 80.5 cm³/mol. The van der Waals surface area contributed by atoms with Crippen LogP contribution in [0.25, 0.3) is 0 Å². The second-order valence-corrected chi connectivity index (χ2v) is 5.31. The Labute approximate surface area is 123 Å². The minimum atomic E-state index is -0.192. The number of aliphatic hydroxyl groups excluding tert-OH is 1. The third-order valence-corrected chi connectivity index (χ3v) is 3.97. The van der Waals surface area contributed by atoms with Crippen LogP contribution in [0.3, 0.4) is 0 Å². The van der Waals surface area contributed by atoms with Crippen molar-refractivity contribution in [2.24, 2.45) is 0 Å². The number of thiophene rings is 1. The second-order valence-electron chi connectivity index (χ2n) is 4.28. The smallest absolute Gasteiger partial charge is 0.165 e. The van der Waals surface area contributed by atoms with E-state index in [4.69, 9.17) is 9.47 Å². The molecule has 4 nitrogen and oxygen atoms in total. The summed E-state index contributed by atoms with van der Waals surface area (Å²) in [7, 11) is 3.21. The quantitative estimate of drug-likeness (QED) is 0.824. The van der Waals surface area contributed by atoms with Gasteiger partial charge >= 0.3 is 0 Å². The van der Waals surface area contributed by atoms with Crippen LogP contribution in [0.1, 0.15) is 16.5 Å². The zero-order chi connectivity index (χ0) is 14.4. The van der Waals surface area contributed by atoms with Crippen LogP contribution in [0.4, 0.5) is 0 Å². The summed E-state index contributed by atoms with van der Waals surface area (Å²) < 4.78 is 10.7. The molecule has 0 saturated heterocycles. The third kappa shape index (κ3) is 3.30. The van der Waals surface area contributed by atoms with Crippen LogP contribution in [0.2, 0.25) is 0 Å². The molecule has 2 N–H and O–H groups in total. The molecular formula is C15H19NO3S. The summed E-state index contributed by atoms with van der Waals surface area (Å²) in [5.74, 6) is 1.33. The molecule has 1 unspecified atom stereocenters. The van der Waals surface area contributed by atoms with E-state index in [2.05, 4.69) is 11.4 Å². The molecular weight excluding hydrogens is 274 g/mol. The lowest BCUT2D eigenvalue weighted by atomic mass is 10.1. The molecule has 1 heterocycles. The SMILES string of the molecule is COc1cccc(C(CO)NCc2cccs2)c1OC. The van der Waals surface area contributed by atoms with Crippen molar-refractivity contribution in [3.8, 4) is 11.5 Å². The normalized spacial score (nSPS) is 12.2. The summed E-state index contributed by atoms with van der Waals surface area (Å²) >= 11 is 1.69. The number of hydrogen-bond acceptors (Lipinski definition) is 5. The maximum atomic E-state index is 9.64. The van der Waals surface area contributed by atoms with Gasteiger partial charge in [0, 0.05) is 17.0 Å². The van der Waals surface area contributed by atoms with Gasteiger partial charge in [0.25, 0.3) is 0 Å². The van der Waals surface area contributed by atoms with Gasteiger partial charge in [0.1, 0.15) is 0 Å². The molecule has 0 bridgehead atoms. The number of aliphatic hydroxyl groups is 1. The molecule has 2 rings (SSSR count). The maximum absolute atomic E-state index is 9.64. The van der Waals surface area contributed by atoms with Gasteiger partial charge in [0.05, 0.1) is 26.9 Å². The molecule has 0 aliphatic rings. The fraction of sp³-hybridized carbons (Fsp3) is 0.333. The predicted octanol–water partition coefficient (Wildman–Crippen LogP) is 2.59. The Hall–Kier alpha value is -1.56. The van der Waals surface area contributed by atoms with Crippen molar-refractivity contribution in [3.63, 3.8) is 0 Å². The average Bonchev–Trinajstić information content (AvgIpc) is 3.00. The van der Waals surface area contributed by atoms with Gasteiger partial charge in [0.15, 0.2) is 11.5 Å². The van der Waals surface area contributed by atoms with Crippen molar-refractivity contribution in [2.45, 2.75) is 12.6 Å². The van der Waals surface area contributed by atoms with E-state index >= 15 is 0 Å². The molecule has 108 valence electrons. The van der Waals surface area contributed by atoms with Crippen LogP contribution in [-0.2, 0) is 6.54 Å². The number of ether oxygens (including phenoxy) is 2. The Morgan fingerprint density at radius 2 is 2.05 bits per heavy atom. The molecule has 0 radical (unpaired) electrons. The number of para-hydroxylation sites is 1. The summed E-state index contributed by atoms with van der Waals surface area (Å²) in [6.45, 7) is 0.707. The number of nitrogens with one attached hydrogen (secondary N) is 1. The van der Waals surface area contributed by atoms with Gasteiger partial charge in [0.2, 0.25) is 0 Å². The van der Waals surface area contributed by atoms with Crippen LogP contribution in [0, 0.1) is 0 Å². The Morgan fingerprint density at radius 3 is 2.65 bits per heavy atom. The largest absolute Gasteiger partial charge is 0.493 e. The van der Waals surface area contributed by atoms with E-state index in [9.17, 15) is 5.11 Å². The second kappa shape index (κ2) is 7.28. The van der Waals surface area contributed by atoms with Crippen LogP contribution in [0.15, 0.2) is 35.7 Å². The van der Waals surface area contributed by atoms with Crippen molar-refractivity contribution < 1.29 is 14.6 Å². The highest BCUT2D eigenvalue weighted by molar-refractivity contribution is 7.09. The summed E-state index contributed by atoms with van der Waals surface area (Å²) in [6, 6.07) is 9.56. The fourth-order valence-corrected chi connectivity index (χ4v) is 2.75. The van der Waals surface area contributed by atoms with Gasteiger partial charge in [-0.1, -0.05) is 18.2 Å². The number of benzene rings is 1. The molecule has 20 heavy (non-hydrogen) atoms. The molecule has 1 atom stereocenters. The summed E-state index contributed by atoms with van der Waals surface area (Å²) in [5, 5.41) is 15.0. The van der Waals surface area contributed by atoms with Crippen molar-refractivity contribution in [1.29, 1.82) is 0 Å². The Bertz CT molecular complexity index is 528. The van der Waals surface area contributed by atoms with Crippen molar-refractivity contribution in [3.05, 3.63) is 46.2 Å². The number of methoxy groups -OCH3 is 2. The van der Waals surface area contributed by atoms with Crippen LogP contribution in [0.5, 0.6) is 11.5 Å². The molecule has 5 heteroatoms. The Morgan fingerprint density at radius 1 is 1.20 bits per heavy atom. The van der Waals surface area contributed by atoms with E-state index in [-0.39, 0.29) is 12.6 Å². The lowest BCUT2D eigenvalue weighted by Crippen LogP contribution is -2.24. The minimum Gasteiger partial charge on any atom is -0.493 e. The first-order valence-electron chi connectivity index (χ1n) is 6.37. The Kier molecular flexibility index (Phi) is 5.40. The maximum Gasteiger partial charge on any atom is 0.165 e. The highest BCUT2D eigenvalue weighted by atomic mass is 32.1. The molecule has 1 aromatic heterocycles. The molecule has 1 aromatic carbocycles. The highest BCUT2D eigenvalue weighted by Gasteiger charge is 2.18. The zero-order valence-corrected chi connectivity index (χ0v) is 12.4. The molecule has 0 amide bonds. The van der Waals surface area contributed by atoms with E-state index in [0.29, 0.717) is 18.0 Å². The van der Waals surface area contributed by atoms with Crippen molar-refractivity contribution in [1.82, 2.24) is 5.32 Å². The van der Waals surface area contributed by atoms with Crippen molar-refractivity contribution in [2.75, 3.05) is 20.8 Å². The summed E-state index contributed by atoms with van der Waals surface area (Å²) in [4.78, 5) is 1.23. The van der Waals surface area contributed by atoms with Crippen LogP contribution >= 0.6 is 11.3 Å². The molecule has 0 aliphatic heterocycles. The average molecular weight is 293 g/mol. The highest BCUT2D eigenvalue weighted by Crippen LogP contribution is 2.34. The first kappa shape index (κ1) is 14.8. The van der Waals surface area contributed by atoms with Gasteiger partial charge in [-0.15, -0.1) is 11.3 Å². The number of rotatable bonds is 7. The number of hydrogen-bond donors (Lipinski definition) is 2. The van der Waals surface area contributed by atoms with Crippen molar-refractivity contribution >= 4 is 11.3 Å². The summed E-state index contributed by atoms with van der Waals surface area (Å²) in [6.07, 6.45) is 0. The molecule has 0 aliphatic carbocycles.